The number of aromatic nitrogens is 2. The maximum absolute atomic E-state index is 13.6. The first-order valence-electron chi connectivity index (χ1n) is 13.7. The van der Waals surface area contributed by atoms with E-state index in [4.69, 9.17) is 16.2 Å². The smallest absolute Gasteiger partial charge is 0.343 e. The molecule has 0 aliphatic carbocycles. The number of aliphatic hydroxyl groups is 2. The van der Waals surface area contributed by atoms with Gasteiger partial charge in [-0.3, -0.25) is 25.2 Å². The van der Waals surface area contributed by atoms with Gasteiger partial charge in [-0.2, -0.15) is 0 Å². The molecular weight excluding hydrogens is 544 g/mol. The van der Waals surface area contributed by atoms with Crippen LogP contribution in [0.15, 0.2) is 35.6 Å². The predicted molar refractivity (Wildman–Crippen MR) is 149 cm³/mol. The number of nitrogens with one attached hydrogen (secondary N) is 4. The molecular formula is C27H35N10O5+. The van der Waals surface area contributed by atoms with Crippen molar-refractivity contribution in [2.75, 3.05) is 19.7 Å². The molecule has 5 heterocycles. The van der Waals surface area contributed by atoms with Crippen molar-refractivity contribution in [3.05, 3.63) is 53.1 Å². The Morgan fingerprint density at radius 2 is 2.02 bits per heavy atom. The molecule has 1 spiro atoms. The van der Waals surface area contributed by atoms with E-state index < -0.39 is 41.4 Å². The van der Waals surface area contributed by atoms with Gasteiger partial charge in [-0.1, -0.05) is 26.0 Å². The zero-order valence-corrected chi connectivity index (χ0v) is 23.5. The van der Waals surface area contributed by atoms with Crippen LogP contribution in [0.25, 0.3) is 0 Å². The molecule has 42 heavy (non-hydrogen) atoms. The van der Waals surface area contributed by atoms with Gasteiger partial charge in [0.25, 0.3) is 17.5 Å². The monoisotopic (exact) mass is 579 g/mol. The number of carbonyl (C=O) groups excluding carboxylic acids is 2. The summed E-state index contributed by atoms with van der Waals surface area (Å²) in [5.41, 5.74) is 12.6. The number of nitrogens with two attached hydrogens (primary N) is 2. The van der Waals surface area contributed by atoms with Crippen LogP contribution >= 0.6 is 0 Å². The van der Waals surface area contributed by atoms with E-state index in [2.05, 4.69) is 49.8 Å². The first-order valence-corrected chi connectivity index (χ1v) is 13.7. The summed E-state index contributed by atoms with van der Waals surface area (Å²) in [7, 11) is 0. The van der Waals surface area contributed by atoms with Gasteiger partial charge in [-0.15, -0.1) is 0 Å². The second kappa shape index (κ2) is 9.52. The van der Waals surface area contributed by atoms with E-state index in [-0.39, 0.29) is 36.1 Å². The third kappa shape index (κ3) is 4.10. The molecule has 10 N–H and O–H groups in total. The molecule has 2 aromatic rings. The lowest BCUT2D eigenvalue weighted by atomic mass is 9.79. The molecule has 0 radical (unpaired) electrons. The molecule has 1 fully saturated rings. The van der Waals surface area contributed by atoms with Crippen molar-refractivity contribution in [2.24, 2.45) is 16.5 Å². The second-order valence-electron chi connectivity index (χ2n) is 11.8. The number of hydrogen-bond acceptors (Lipinski definition) is 12. The van der Waals surface area contributed by atoms with Crippen LogP contribution in [-0.4, -0.2) is 98.1 Å². The Morgan fingerprint density at radius 1 is 1.24 bits per heavy atom. The molecule has 222 valence electrons. The number of fused-ring (bicyclic) bond motifs is 1. The fourth-order valence-corrected chi connectivity index (χ4v) is 6.39. The second-order valence-corrected chi connectivity index (χ2v) is 11.8. The number of ether oxygens (including phenoxy) is 1. The van der Waals surface area contributed by atoms with Crippen molar-refractivity contribution in [3.8, 4) is 5.75 Å². The average Bonchev–Trinajstić information content (AvgIpc) is 3.40. The Balaban J connectivity index is 1.26. The molecule has 1 aromatic carbocycles. The molecule has 4 aliphatic rings. The van der Waals surface area contributed by atoms with Gasteiger partial charge in [0.15, 0.2) is 12.0 Å². The number of aryl methyl sites for hydroxylation is 1. The van der Waals surface area contributed by atoms with Gasteiger partial charge in [-0.05, 0) is 30.9 Å². The van der Waals surface area contributed by atoms with Gasteiger partial charge in [0.05, 0.1) is 18.7 Å². The lowest BCUT2D eigenvalue weighted by Gasteiger charge is -2.46. The Labute approximate surface area is 241 Å². The van der Waals surface area contributed by atoms with Gasteiger partial charge >= 0.3 is 5.96 Å². The van der Waals surface area contributed by atoms with Crippen LogP contribution in [0.2, 0.25) is 0 Å². The topological polar surface area (TPSA) is 227 Å². The molecule has 0 saturated carbocycles. The van der Waals surface area contributed by atoms with Crippen LogP contribution in [0, 0.1) is 6.92 Å². The number of rotatable bonds is 5. The first-order chi connectivity index (χ1) is 19.8. The average molecular weight is 580 g/mol. The minimum absolute atomic E-state index is 0.0150. The van der Waals surface area contributed by atoms with Crippen molar-refractivity contribution in [2.45, 2.75) is 62.2 Å². The Kier molecular flexibility index (Phi) is 6.27. The van der Waals surface area contributed by atoms with E-state index in [9.17, 15) is 19.8 Å². The van der Waals surface area contributed by atoms with E-state index in [0.29, 0.717) is 23.6 Å². The number of para-hydroxylation sites is 1. The maximum Gasteiger partial charge on any atom is 0.343 e. The molecule has 15 heteroatoms. The quantitative estimate of drug-likeness (QED) is 0.160. The van der Waals surface area contributed by atoms with E-state index in [1.54, 1.807) is 25.1 Å². The van der Waals surface area contributed by atoms with E-state index in [1.807, 2.05) is 6.07 Å². The number of hydrogen-bond donors (Lipinski definition) is 8. The summed E-state index contributed by atoms with van der Waals surface area (Å²) in [6.45, 7) is 6.27. The van der Waals surface area contributed by atoms with E-state index in [1.165, 1.54) is 11.2 Å². The highest BCUT2D eigenvalue weighted by Crippen LogP contribution is 2.43. The Morgan fingerprint density at radius 3 is 2.79 bits per heavy atom. The van der Waals surface area contributed by atoms with Crippen molar-refractivity contribution >= 4 is 23.7 Å². The minimum atomic E-state index is -2.59. The SMILES string of the molecule is Cc1cc(C(=O)NC[C@@H]2N=C(N)N3CC(NC(=O)c4cccc5c4OCCC5(C)C)C(O)(O)C34NC(N)=[NH+][C@@H]24)ncn1. The summed E-state index contributed by atoms with van der Waals surface area (Å²) in [6.07, 6.45) is 2.10. The maximum atomic E-state index is 13.6. The molecule has 2 unspecified atom stereocenters. The normalized spacial score (nSPS) is 28.2. The summed E-state index contributed by atoms with van der Waals surface area (Å²) < 4.78 is 5.90. The highest BCUT2D eigenvalue weighted by molar-refractivity contribution is 5.98. The summed E-state index contributed by atoms with van der Waals surface area (Å²) in [5, 5.41) is 32.0. The number of nitrogens with zero attached hydrogens (tertiary/aromatic N) is 4. The van der Waals surface area contributed by atoms with E-state index in [0.717, 1.165) is 12.0 Å². The van der Waals surface area contributed by atoms with Crippen molar-refractivity contribution in [1.82, 2.24) is 30.8 Å². The van der Waals surface area contributed by atoms with Crippen molar-refractivity contribution in [1.29, 1.82) is 0 Å². The molecule has 0 bridgehead atoms. The fraction of sp³-hybridized carbons (Fsp3) is 0.481. The summed E-state index contributed by atoms with van der Waals surface area (Å²) in [6, 6.07) is 4.06. The van der Waals surface area contributed by atoms with Crippen LogP contribution in [0.4, 0.5) is 0 Å². The molecule has 1 aromatic heterocycles. The van der Waals surface area contributed by atoms with Gasteiger partial charge in [0.2, 0.25) is 5.79 Å². The van der Waals surface area contributed by atoms with Crippen LogP contribution in [0.1, 0.15) is 52.4 Å². The zero-order chi connectivity index (χ0) is 30.0. The van der Waals surface area contributed by atoms with Crippen LogP contribution in [-0.2, 0) is 5.41 Å². The number of benzene rings is 1. The lowest BCUT2D eigenvalue weighted by Crippen LogP contribution is -2.90. The number of aliphatic imine (C=N–C) groups is 1. The number of carbonyl (C=O) groups is 2. The number of amides is 2. The third-order valence-corrected chi connectivity index (χ3v) is 8.66. The van der Waals surface area contributed by atoms with Gasteiger partial charge < -0.3 is 31.3 Å². The summed E-state index contributed by atoms with van der Waals surface area (Å²) >= 11 is 0. The van der Waals surface area contributed by atoms with Crippen LogP contribution in [0.5, 0.6) is 5.75 Å². The molecule has 6 rings (SSSR count). The first kappa shape index (κ1) is 27.7. The lowest BCUT2D eigenvalue weighted by molar-refractivity contribution is -0.521. The number of guanidine groups is 2. The molecule has 1 saturated heterocycles. The Bertz CT molecular complexity index is 1520. The molecule has 15 nitrogen and oxygen atoms in total. The van der Waals surface area contributed by atoms with Gasteiger partial charge in [-0.25, -0.2) is 20.3 Å². The Hall–Kier alpha value is -4.50. The summed E-state index contributed by atoms with van der Waals surface area (Å²) in [5.74, 6) is -3.06. The van der Waals surface area contributed by atoms with Gasteiger partial charge in [0, 0.05) is 17.8 Å². The predicted octanol–water partition coefficient (Wildman–Crippen LogP) is -3.87. The highest BCUT2D eigenvalue weighted by atomic mass is 16.5. The summed E-state index contributed by atoms with van der Waals surface area (Å²) in [4.78, 5) is 43.4. The van der Waals surface area contributed by atoms with E-state index >= 15 is 0 Å². The van der Waals surface area contributed by atoms with Crippen LogP contribution < -0.4 is 37.1 Å². The van der Waals surface area contributed by atoms with Crippen LogP contribution in [0.3, 0.4) is 0 Å². The van der Waals surface area contributed by atoms with Crippen molar-refractivity contribution < 1.29 is 29.5 Å². The standard InChI is InChI=1S/C27H34N10O5/c1-13-9-16(32-12-31-13)22(39)30-10-17-20-26(36-23(28)35-20)27(40,41)18(11-37(26)24(29)33-17)34-21(38)14-5-4-6-15-19(14)42-8-7-25(15,2)3/h4-6,9,12,17-18,20,40-41H,7-8,10-11H2,1-3H3,(H2,29,33)(H,30,39)(H,34,38)(H3,28,35,36)/p+1/t17-,18?,20-,26?/m0/s1. The zero-order valence-electron chi connectivity index (χ0n) is 23.5. The molecule has 2 amide bonds. The van der Waals surface area contributed by atoms with Gasteiger partial charge in [0.1, 0.15) is 29.9 Å². The third-order valence-electron chi connectivity index (χ3n) is 8.66. The molecule has 4 aliphatic heterocycles. The largest absolute Gasteiger partial charge is 0.492 e. The minimum Gasteiger partial charge on any atom is -0.492 e. The van der Waals surface area contributed by atoms with Crippen molar-refractivity contribution in [3.63, 3.8) is 0 Å². The molecule has 4 atom stereocenters. The fourth-order valence-electron chi connectivity index (χ4n) is 6.39. The highest BCUT2D eigenvalue weighted by Gasteiger charge is 2.76.